The lowest BCUT2D eigenvalue weighted by molar-refractivity contribution is 0.0567. The lowest BCUT2D eigenvalue weighted by atomic mass is 10.1. The molecule has 2 saturated heterocycles. The molecule has 1 atom stereocenters. The molecule has 2 aliphatic heterocycles. The SMILES string of the molecule is NNc1nccc(C(=O)N2CCN3CCCC3C2)c1F. The van der Waals surface area contributed by atoms with Crippen LogP contribution in [0.1, 0.15) is 23.2 Å². The number of aromatic nitrogens is 1. The van der Waals surface area contributed by atoms with Crippen LogP contribution in [0.5, 0.6) is 0 Å². The molecule has 0 aromatic carbocycles. The number of halogens is 1. The summed E-state index contributed by atoms with van der Waals surface area (Å²) in [5.74, 6) is 4.11. The van der Waals surface area contributed by atoms with Gasteiger partial charge in [-0.1, -0.05) is 0 Å². The molecule has 1 amide bonds. The van der Waals surface area contributed by atoms with E-state index in [1.54, 1.807) is 4.90 Å². The fourth-order valence-electron chi connectivity index (χ4n) is 3.06. The fraction of sp³-hybridized carbons (Fsp3) is 0.538. The van der Waals surface area contributed by atoms with Crippen LogP contribution in [0.25, 0.3) is 0 Å². The van der Waals surface area contributed by atoms with E-state index in [0.717, 1.165) is 19.5 Å². The van der Waals surface area contributed by atoms with Crippen molar-refractivity contribution in [1.82, 2.24) is 14.8 Å². The van der Waals surface area contributed by atoms with Gasteiger partial charge in [0.25, 0.3) is 5.91 Å². The summed E-state index contributed by atoms with van der Waals surface area (Å²) in [7, 11) is 0. The number of nitrogens with two attached hydrogens (primary N) is 1. The summed E-state index contributed by atoms with van der Waals surface area (Å²) in [5, 5.41) is 0. The van der Waals surface area contributed by atoms with Gasteiger partial charge in [0.2, 0.25) is 0 Å². The van der Waals surface area contributed by atoms with E-state index in [0.29, 0.717) is 19.1 Å². The molecular formula is C13H18FN5O. The summed E-state index contributed by atoms with van der Waals surface area (Å²) in [6, 6.07) is 1.82. The molecule has 108 valence electrons. The first-order chi connectivity index (χ1) is 9.70. The van der Waals surface area contributed by atoms with Crippen molar-refractivity contribution in [2.24, 2.45) is 5.84 Å². The van der Waals surface area contributed by atoms with Gasteiger partial charge in [-0.05, 0) is 25.5 Å². The van der Waals surface area contributed by atoms with Crippen molar-refractivity contribution >= 4 is 11.7 Å². The molecule has 0 radical (unpaired) electrons. The number of amides is 1. The number of nitrogen functional groups attached to an aromatic ring is 1. The van der Waals surface area contributed by atoms with E-state index >= 15 is 0 Å². The Balaban J connectivity index is 1.79. The molecule has 0 saturated carbocycles. The van der Waals surface area contributed by atoms with Crippen molar-refractivity contribution in [1.29, 1.82) is 0 Å². The minimum atomic E-state index is -0.686. The summed E-state index contributed by atoms with van der Waals surface area (Å²) in [6.45, 7) is 3.29. The minimum absolute atomic E-state index is 0.0272. The molecule has 0 aliphatic carbocycles. The number of rotatable bonds is 2. The Bertz CT molecular complexity index is 523. The smallest absolute Gasteiger partial charge is 0.257 e. The van der Waals surface area contributed by atoms with Gasteiger partial charge >= 0.3 is 0 Å². The molecule has 0 spiro atoms. The molecular weight excluding hydrogens is 261 g/mol. The average molecular weight is 279 g/mol. The summed E-state index contributed by atoms with van der Waals surface area (Å²) in [6.07, 6.45) is 3.67. The van der Waals surface area contributed by atoms with E-state index in [-0.39, 0.29) is 17.3 Å². The highest BCUT2D eigenvalue weighted by molar-refractivity contribution is 5.95. The number of carbonyl (C=O) groups excluding carboxylic acids is 1. The first-order valence-electron chi connectivity index (χ1n) is 6.85. The van der Waals surface area contributed by atoms with Crippen LogP contribution in [-0.4, -0.2) is 52.9 Å². The number of nitrogens with one attached hydrogen (secondary N) is 1. The molecule has 3 N–H and O–H groups in total. The molecule has 20 heavy (non-hydrogen) atoms. The molecule has 0 bridgehead atoms. The summed E-state index contributed by atoms with van der Waals surface area (Å²) in [4.78, 5) is 20.3. The maximum absolute atomic E-state index is 14.1. The number of nitrogens with zero attached hydrogens (tertiary/aromatic N) is 3. The van der Waals surface area contributed by atoms with Crippen LogP contribution in [-0.2, 0) is 0 Å². The number of piperazine rings is 1. The molecule has 3 heterocycles. The van der Waals surface area contributed by atoms with Crippen LogP contribution >= 0.6 is 0 Å². The fourth-order valence-corrected chi connectivity index (χ4v) is 3.06. The van der Waals surface area contributed by atoms with Crippen LogP contribution in [0, 0.1) is 5.82 Å². The van der Waals surface area contributed by atoms with E-state index in [9.17, 15) is 9.18 Å². The van der Waals surface area contributed by atoms with E-state index in [4.69, 9.17) is 5.84 Å². The Morgan fingerprint density at radius 2 is 2.30 bits per heavy atom. The van der Waals surface area contributed by atoms with Crippen molar-refractivity contribution in [2.45, 2.75) is 18.9 Å². The Morgan fingerprint density at radius 1 is 1.45 bits per heavy atom. The largest absolute Gasteiger partial charge is 0.336 e. The van der Waals surface area contributed by atoms with Crippen molar-refractivity contribution in [2.75, 3.05) is 31.6 Å². The Hall–Kier alpha value is -1.73. The number of hydrogen-bond donors (Lipinski definition) is 2. The van der Waals surface area contributed by atoms with Crippen molar-refractivity contribution in [3.8, 4) is 0 Å². The van der Waals surface area contributed by atoms with Gasteiger partial charge in [-0.15, -0.1) is 0 Å². The maximum atomic E-state index is 14.1. The highest BCUT2D eigenvalue weighted by Gasteiger charge is 2.33. The van der Waals surface area contributed by atoms with Gasteiger partial charge in [-0.3, -0.25) is 9.69 Å². The van der Waals surface area contributed by atoms with Crippen LogP contribution in [0.15, 0.2) is 12.3 Å². The Labute approximate surface area is 116 Å². The number of hydrazine groups is 1. The number of hydrogen-bond acceptors (Lipinski definition) is 5. The highest BCUT2D eigenvalue weighted by Crippen LogP contribution is 2.23. The van der Waals surface area contributed by atoms with Gasteiger partial charge in [0.15, 0.2) is 11.6 Å². The lowest BCUT2D eigenvalue weighted by Gasteiger charge is -2.37. The second-order valence-corrected chi connectivity index (χ2v) is 5.25. The first kappa shape index (κ1) is 13.3. The van der Waals surface area contributed by atoms with E-state index in [1.807, 2.05) is 0 Å². The normalized spacial score (nSPS) is 22.7. The van der Waals surface area contributed by atoms with Crippen molar-refractivity contribution in [3.63, 3.8) is 0 Å². The van der Waals surface area contributed by atoms with Gasteiger partial charge in [-0.25, -0.2) is 15.2 Å². The van der Waals surface area contributed by atoms with Crippen LogP contribution < -0.4 is 11.3 Å². The van der Waals surface area contributed by atoms with Crippen LogP contribution in [0.3, 0.4) is 0 Å². The Morgan fingerprint density at radius 3 is 3.10 bits per heavy atom. The molecule has 1 aromatic rings. The first-order valence-corrected chi connectivity index (χ1v) is 6.85. The van der Waals surface area contributed by atoms with E-state index < -0.39 is 5.82 Å². The van der Waals surface area contributed by atoms with Crippen LogP contribution in [0.4, 0.5) is 10.2 Å². The number of pyridine rings is 1. The second-order valence-electron chi connectivity index (χ2n) is 5.25. The summed E-state index contributed by atoms with van der Waals surface area (Å²) < 4.78 is 14.1. The number of carbonyl (C=O) groups is 1. The van der Waals surface area contributed by atoms with Gasteiger partial charge in [0, 0.05) is 31.9 Å². The predicted molar refractivity (Wildman–Crippen MR) is 72.5 cm³/mol. The zero-order valence-electron chi connectivity index (χ0n) is 11.2. The van der Waals surface area contributed by atoms with Gasteiger partial charge in [-0.2, -0.15) is 0 Å². The van der Waals surface area contributed by atoms with E-state index in [1.165, 1.54) is 18.7 Å². The monoisotopic (exact) mass is 279 g/mol. The van der Waals surface area contributed by atoms with Gasteiger partial charge < -0.3 is 10.3 Å². The topological polar surface area (TPSA) is 74.5 Å². The average Bonchev–Trinajstić information content (AvgIpc) is 2.94. The zero-order chi connectivity index (χ0) is 14.1. The molecule has 6 nitrogen and oxygen atoms in total. The quantitative estimate of drug-likeness (QED) is 0.606. The number of fused-ring (bicyclic) bond motifs is 1. The second kappa shape index (κ2) is 5.34. The molecule has 2 aliphatic rings. The third kappa shape index (κ3) is 2.23. The molecule has 1 aromatic heterocycles. The summed E-state index contributed by atoms with van der Waals surface area (Å²) in [5.41, 5.74) is 2.19. The standard InChI is InChI=1S/C13H18FN5O/c14-11-10(3-4-16-12(11)17-15)13(20)19-7-6-18-5-1-2-9(18)8-19/h3-4,9H,1-2,5-8,15H2,(H,16,17). The van der Waals surface area contributed by atoms with E-state index in [2.05, 4.69) is 15.3 Å². The van der Waals surface area contributed by atoms with Crippen molar-refractivity contribution < 1.29 is 9.18 Å². The molecule has 1 unspecified atom stereocenters. The molecule has 2 fully saturated rings. The lowest BCUT2D eigenvalue weighted by Crippen LogP contribution is -2.52. The van der Waals surface area contributed by atoms with Gasteiger partial charge in [0.1, 0.15) is 0 Å². The third-order valence-corrected chi connectivity index (χ3v) is 4.13. The molecule has 7 heteroatoms. The van der Waals surface area contributed by atoms with Crippen LogP contribution in [0.2, 0.25) is 0 Å². The summed E-state index contributed by atoms with van der Waals surface area (Å²) >= 11 is 0. The minimum Gasteiger partial charge on any atom is -0.336 e. The third-order valence-electron chi connectivity index (χ3n) is 4.13. The molecule has 3 rings (SSSR count). The Kier molecular flexibility index (Phi) is 3.54. The number of anilines is 1. The zero-order valence-corrected chi connectivity index (χ0v) is 11.2. The maximum Gasteiger partial charge on any atom is 0.257 e. The predicted octanol–water partition coefficient (Wildman–Crippen LogP) is 0.426. The van der Waals surface area contributed by atoms with Crippen molar-refractivity contribution in [3.05, 3.63) is 23.6 Å². The highest BCUT2D eigenvalue weighted by atomic mass is 19.1. The van der Waals surface area contributed by atoms with Gasteiger partial charge in [0.05, 0.1) is 5.56 Å².